The summed E-state index contributed by atoms with van der Waals surface area (Å²) in [5.74, 6) is 0.120. The second-order valence-corrected chi connectivity index (χ2v) is 5.69. The lowest BCUT2D eigenvalue weighted by atomic mass is 9.99. The van der Waals surface area contributed by atoms with Crippen molar-refractivity contribution in [3.05, 3.63) is 65.2 Å². The summed E-state index contributed by atoms with van der Waals surface area (Å²) in [5, 5.41) is 0. The Hall–Kier alpha value is -2.29. The third-order valence-corrected chi connectivity index (χ3v) is 4.05. The largest absolute Gasteiger partial charge is 0.378 e. The number of hydrogen-bond acceptors (Lipinski definition) is 2. The molecule has 0 bridgehead atoms. The quantitative estimate of drug-likeness (QED) is 0.844. The van der Waals surface area contributed by atoms with Crippen molar-refractivity contribution in [1.29, 1.82) is 0 Å². The normalized spacial score (nSPS) is 13.7. The van der Waals surface area contributed by atoms with Crippen LogP contribution in [0, 0.1) is 0 Å². The van der Waals surface area contributed by atoms with Gasteiger partial charge in [-0.05, 0) is 41.8 Å². The minimum Gasteiger partial charge on any atom is -0.378 e. The van der Waals surface area contributed by atoms with Crippen LogP contribution in [0.3, 0.4) is 0 Å². The summed E-state index contributed by atoms with van der Waals surface area (Å²) >= 11 is 0. The molecule has 3 heteroatoms. The number of rotatable bonds is 2. The van der Waals surface area contributed by atoms with Gasteiger partial charge in [-0.15, -0.1) is 0 Å². The molecule has 1 amide bonds. The van der Waals surface area contributed by atoms with E-state index in [9.17, 15) is 4.79 Å². The van der Waals surface area contributed by atoms with Crippen molar-refractivity contribution in [2.24, 2.45) is 0 Å². The maximum atomic E-state index is 12.6. The highest BCUT2D eigenvalue weighted by Crippen LogP contribution is 2.21. The average molecular weight is 280 g/mol. The lowest BCUT2D eigenvalue weighted by Crippen LogP contribution is -2.35. The van der Waals surface area contributed by atoms with Crippen LogP contribution in [-0.4, -0.2) is 31.4 Å². The molecule has 0 atom stereocenters. The number of carbonyl (C=O) groups excluding carboxylic acids is 1. The molecule has 0 saturated carbocycles. The molecule has 3 nitrogen and oxygen atoms in total. The molecule has 1 heterocycles. The number of nitrogens with zero attached hydrogens (tertiary/aromatic N) is 2. The number of fused-ring (bicyclic) bond motifs is 1. The Morgan fingerprint density at radius 3 is 2.33 bits per heavy atom. The maximum absolute atomic E-state index is 12.6. The Balaban J connectivity index is 1.77. The van der Waals surface area contributed by atoms with Crippen LogP contribution in [-0.2, 0) is 13.0 Å². The van der Waals surface area contributed by atoms with E-state index in [4.69, 9.17) is 0 Å². The van der Waals surface area contributed by atoms with Gasteiger partial charge < -0.3 is 9.80 Å². The number of benzene rings is 2. The highest BCUT2D eigenvalue weighted by Gasteiger charge is 2.21. The first-order valence-corrected chi connectivity index (χ1v) is 7.28. The zero-order valence-electron chi connectivity index (χ0n) is 12.5. The fourth-order valence-electron chi connectivity index (χ4n) is 2.75. The molecule has 2 aromatic rings. The molecular formula is C18H20N2O. The second-order valence-electron chi connectivity index (χ2n) is 5.69. The van der Waals surface area contributed by atoms with E-state index in [0.29, 0.717) is 6.54 Å². The molecule has 108 valence electrons. The minimum atomic E-state index is 0.120. The Labute approximate surface area is 125 Å². The predicted octanol–water partition coefficient (Wildman–Crippen LogP) is 2.95. The molecule has 0 aromatic heterocycles. The molecular weight excluding hydrogens is 260 g/mol. The summed E-state index contributed by atoms with van der Waals surface area (Å²) in [7, 11) is 4.00. The van der Waals surface area contributed by atoms with Gasteiger partial charge in [0.15, 0.2) is 0 Å². The molecule has 1 aliphatic rings. The van der Waals surface area contributed by atoms with Crippen LogP contribution in [0.15, 0.2) is 48.5 Å². The van der Waals surface area contributed by atoms with E-state index < -0.39 is 0 Å². The summed E-state index contributed by atoms with van der Waals surface area (Å²) in [5.41, 5.74) is 4.50. The molecule has 3 rings (SSSR count). The average Bonchev–Trinajstić information content (AvgIpc) is 2.54. The van der Waals surface area contributed by atoms with Gasteiger partial charge in [0.05, 0.1) is 0 Å². The zero-order chi connectivity index (χ0) is 14.8. The Kier molecular flexibility index (Phi) is 3.65. The molecule has 0 fully saturated rings. The lowest BCUT2D eigenvalue weighted by molar-refractivity contribution is 0.0735. The van der Waals surface area contributed by atoms with Crippen molar-refractivity contribution >= 4 is 11.6 Å². The van der Waals surface area contributed by atoms with E-state index in [0.717, 1.165) is 24.2 Å². The summed E-state index contributed by atoms with van der Waals surface area (Å²) in [6, 6.07) is 16.2. The summed E-state index contributed by atoms with van der Waals surface area (Å²) in [6.07, 6.45) is 0.942. The van der Waals surface area contributed by atoms with Crippen molar-refractivity contribution in [3.8, 4) is 0 Å². The standard InChI is InChI=1S/C18H20N2O/c1-19(2)17-9-7-15(8-10-17)18(21)20-12-11-14-5-3-4-6-16(14)13-20/h3-10H,11-13H2,1-2H3. The van der Waals surface area contributed by atoms with Crippen LogP contribution in [0.4, 0.5) is 5.69 Å². The highest BCUT2D eigenvalue weighted by molar-refractivity contribution is 5.94. The van der Waals surface area contributed by atoms with Crippen LogP contribution < -0.4 is 4.90 Å². The monoisotopic (exact) mass is 280 g/mol. The van der Waals surface area contributed by atoms with Gasteiger partial charge in [0, 0.05) is 38.4 Å². The lowest BCUT2D eigenvalue weighted by Gasteiger charge is -2.29. The van der Waals surface area contributed by atoms with E-state index in [1.165, 1.54) is 11.1 Å². The first-order valence-electron chi connectivity index (χ1n) is 7.28. The molecule has 0 spiro atoms. The van der Waals surface area contributed by atoms with Crippen LogP contribution in [0.1, 0.15) is 21.5 Å². The third kappa shape index (κ3) is 2.77. The molecule has 0 N–H and O–H groups in total. The van der Waals surface area contributed by atoms with E-state index in [1.54, 1.807) is 0 Å². The van der Waals surface area contributed by atoms with Crippen LogP contribution in [0.2, 0.25) is 0 Å². The topological polar surface area (TPSA) is 23.6 Å². The van der Waals surface area contributed by atoms with Gasteiger partial charge in [-0.3, -0.25) is 4.79 Å². The predicted molar refractivity (Wildman–Crippen MR) is 85.7 cm³/mol. The number of amides is 1. The Morgan fingerprint density at radius 2 is 1.67 bits per heavy atom. The zero-order valence-corrected chi connectivity index (χ0v) is 12.5. The van der Waals surface area contributed by atoms with E-state index in [2.05, 4.69) is 18.2 Å². The van der Waals surface area contributed by atoms with E-state index >= 15 is 0 Å². The molecule has 0 aliphatic carbocycles. The number of hydrogen-bond donors (Lipinski definition) is 0. The van der Waals surface area contributed by atoms with Crippen molar-refractivity contribution in [1.82, 2.24) is 4.90 Å². The number of anilines is 1. The van der Waals surface area contributed by atoms with Crippen molar-refractivity contribution < 1.29 is 4.79 Å². The van der Waals surface area contributed by atoms with Crippen LogP contribution in [0.5, 0.6) is 0 Å². The van der Waals surface area contributed by atoms with E-state index in [-0.39, 0.29) is 5.91 Å². The maximum Gasteiger partial charge on any atom is 0.254 e. The smallest absolute Gasteiger partial charge is 0.254 e. The third-order valence-electron chi connectivity index (χ3n) is 4.05. The fraction of sp³-hybridized carbons (Fsp3) is 0.278. The minimum absolute atomic E-state index is 0.120. The fourth-order valence-corrected chi connectivity index (χ4v) is 2.75. The van der Waals surface area contributed by atoms with Gasteiger partial charge in [-0.25, -0.2) is 0 Å². The van der Waals surface area contributed by atoms with Crippen molar-refractivity contribution in [3.63, 3.8) is 0 Å². The van der Waals surface area contributed by atoms with Crippen molar-refractivity contribution in [2.75, 3.05) is 25.5 Å². The molecule has 0 radical (unpaired) electrons. The van der Waals surface area contributed by atoms with Crippen molar-refractivity contribution in [2.45, 2.75) is 13.0 Å². The van der Waals surface area contributed by atoms with Crippen LogP contribution in [0.25, 0.3) is 0 Å². The van der Waals surface area contributed by atoms with E-state index in [1.807, 2.05) is 54.2 Å². The van der Waals surface area contributed by atoms with Crippen LogP contribution >= 0.6 is 0 Å². The van der Waals surface area contributed by atoms with Gasteiger partial charge >= 0.3 is 0 Å². The number of carbonyl (C=O) groups is 1. The highest BCUT2D eigenvalue weighted by atomic mass is 16.2. The molecule has 2 aromatic carbocycles. The summed E-state index contributed by atoms with van der Waals surface area (Å²) in [6.45, 7) is 1.51. The SMILES string of the molecule is CN(C)c1ccc(C(=O)N2CCc3ccccc3C2)cc1. The first-order chi connectivity index (χ1) is 10.1. The molecule has 21 heavy (non-hydrogen) atoms. The Bertz CT molecular complexity index is 647. The first kappa shape index (κ1) is 13.7. The van der Waals surface area contributed by atoms with Gasteiger partial charge in [0.1, 0.15) is 0 Å². The summed E-state index contributed by atoms with van der Waals surface area (Å²) in [4.78, 5) is 16.6. The molecule has 1 aliphatic heterocycles. The van der Waals surface area contributed by atoms with Gasteiger partial charge in [0.2, 0.25) is 0 Å². The van der Waals surface area contributed by atoms with Gasteiger partial charge in [-0.1, -0.05) is 24.3 Å². The van der Waals surface area contributed by atoms with Gasteiger partial charge in [-0.2, -0.15) is 0 Å². The Morgan fingerprint density at radius 1 is 1.00 bits per heavy atom. The van der Waals surface area contributed by atoms with Gasteiger partial charge in [0.25, 0.3) is 5.91 Å². The molecule has 0 saturated heterocycles. The second kappa shape index (κ2) is 5.60. The summed E-state index contributed by atoms with van der Waals surface area (Å²) < 4.78 is 0. The molecule has 0 unspecified atom stereocenters.